The number of rotatable bonds is 8. The molecule has 2 aromatic rings. The Labute approximate surface area is 162 Å². The number of esters is 1. The molecule has 6 nitrogen and oxygen atoms in total. The molecule has 0 spiro atoms. The summed E-state index contributed by atoms with van der Waals surface area (Å²) < 4.78 is 28.6. The predicted octanol–water partition coefficient (Wildman–Crippen LogP) is 3.82. The molecule has 28 heavy (non-hydrogen) atoms. The Hall–Kier alpha value is -3.35. The number of allylic oxidation sites excluding steroid dienone is 1. The Morgan fingerprint density at radius 3 is 2.50 bits per heavy atom. The summed E-state index contributed by atoms with van der Waals surface area (Å²) in [5.74, 6) is -0.792. The van der Waals surface area contributed by atoms with Crippen molar-refractivity contribution in [1.82, 2.24) is 0 Å². The third-order valence-corrected chi connectivity index (χ3v) is 3.68. The fourth-order valence-electron chi connectivity index (χ4n) is 2.30. The van der Waals surface area contributed by atoms with E-state index in [1.54, 1.807) is 12.1 Å². The van der Waals surface area contributed by atoms with Crippen LogP contribution in [0, 0.1) is 5.82 Å². The van der Waals surface area contributed by atoms with Crippen LogP contribution in [0.5, 0.6) is 11.5 Å². The molecular weight excluding hydrogens is 365 g/mol. The molecule has 0 saturated heterocycles. The van der Waals surface area contributed by atoms with Crippen LogP contribution in [-0.2, 0) is 14.3 Å². The highest BCUT2D eigenvalue weighted by atomic mass is 19.1. The van der Waals surface area contributed by atoms with Crippen LogP contribution in [0.1, 0.15) is 19.4 Å². The molecule has 0 aromatic heterocycles. The Morgan fingerprint density at radius 1 is 1.14 bits per heavy atom. The van der Waals surface area contributed by atoms with Gasteiger partial charge in [0.25, 0.3) is 5.91 Å². The molecule has 0 aliphatic rings. The molecule has 2 rings (SSSR count). The predicted molar refractivity (Wildman–Crippen MR) is 104 cm³/mol. The van der Waals surface area contributed by atoms with Gasteiger partial charge in [-0.15, -0.1) is 0 Å². The quantitative estimate of drug-likeness (QED) is 0.697. The van der Waals surface area contributed by atoms with Gasteiger partial charge in [-0.3, -0.25) is 4.79 Å². The number of nitrogens with one attached hydrogen (secondary N) is 1. The summed E-state index contributed by atoms with van der Waals surface area (Å²) in [7, 11) is 1.50. The van der Waals surface area contributed by atoms with Crippen molar-refractivity contribution in [3.8, 4) is 11.5 Å². The molecule has 1 amide bonds. The SMILES string of the molecule is C/C=C/c1ccc(OCC(=O)O[C@H](C)C(=O)Nc2ccc(F)cc2)c(OC)c1. The van der Waals surface area contributed by atoms with Gasteiger partial charge in [-0.1, -0.05) is 18.2 Å². The molecule has 7 heteroatoms. The third-order valence-electron chi connectivity index (χ3n) is 3.68. The van der Waals surface area contributed by atoms with Crippen molar-refractivity contribution in [3.05, 3.63) is 59.9 Å². The fourth-order valence-corrected chi connectivity index (χ4v) is 2.30. The summed E-state index contributed by atoms with van der Waals surface area (Å²) in [6.45, 7) is 2.96. The summed E-state index contributed by atoms with van der Waals surface area (Å²) in [4.78, 5) is 24.0. The number of carbonyl (C=O) groups excluding carboxylic acids is 2. The standard InChI is InChI=1S/C21H22FNO5/c1-4-5-15-6-11-18(19(12-15)26-3)27-13-20(24)28-14(2)21(25)23-17-9-7-16(22)8-10-17/h4-12,14H,13H2,1-3H3,(H,23,25)/b5-4+/t14-/m1/s1. The third kappa shape index (κ3) is 6.12. The van der Waals surface area contributed by atoms with E-state index in [0.29, 0.717) is 17.2 Å². The van der Waals surface area contributed by atoms with E-state index in [-0.39, 0.29) is 6.61 Å². The molecule has 0 saturated carbocycles. The molecule has 1 N–H and O–H groups in total. The smallest absolute Gasteiger partial charge is 0.344 e. The maximum Gasteiger partial charge on any atom is 0.344 e. The van der Waals surface area contributed by atoms with Crippen LogP contribution in [-0.4, -0.2) is 31.7 Å². The van der Waals surface area contributed by atoms with E-state index in [1.807, 2.05) is 25.1 Å². The number of hydrogen-bond acceptors (Lipinski definition) is 5. The number of ether oxygens (including phenoxy) is 3. The number of halogens is 1. The minimum absolute atomic E-state index is 0.381. The van der Waals surface area contributed by atoms with Gasteiger partial charge in [0.1, 0.15) is 5.82 Å². The van der Waals surface area contributed by atoms with Crippen LogP contribution in [0.3, 0.4) is 0 Å². The van der Waals surface area contributed by atoms with Gasteiger partial charge in [0.2, 0.25) is 0 Å². The van der Waals surface area contributed by atoms with Crippen LogP contribution in [0.4, 0.5) is 10.1 Å². The van der Waals surface area contributed by atoms with Crippen molar-refractivity contribution in [3.63, 3.8) is 0 Å². The maximum atomic E-state index is 12.9. The topological polar surface area (TPSA) is 73.9 Å². The van der Waals surface area contributed by atoms with Crippen molar-refractivity contribution in [2.45, 2.75) is 20.0 Å². The highest BCUT2D eigenvalue weighted by molar-refractivity contribution is 5.95. The minimum Gasteiger partial charge on any atom is -0.493 e. The van der Waals surface area contributed by atoms with Gasteiger partial charge >= 0.3 is 5.97 Å². The summed E-state index contributed by atoms with van der Waals surface area (Å²) in [5.41, 5.74) is 1.33. The van der Waals surface area contributed by atoms with E-state index in [2.05, 4.69) is 5.32 Å². The molecule has 0 radical (unpaired) electrons. The van der Waals surface area contributed by atoms with Crippen molar-refractivity contribution < 1.29 is 28.2 Å². The number of amides is 1. The van der Waals surface area contributed by atoms with Crippen molar-refractivity contribution in [2.75, 3.05) is 19.0 Å². The molecular formula is C21H22FNO5. The summed E-state index contributed by atoms with van der Waals surface area (Å²) in [6.07, 6.45) is 2.76. The van der Waals surface area contributed by atoms with Crippen LogP contribution in [0.15, 0.2) is 48.5 Å². The molecule has 2 aromatic carbocycles. The molecule has 0 heterocycles. The number of carbonyl (C=O) groups is 2. The lowest BCUT2D eigenvalue weighted by molar-refractivity contribution is -0.155. The van der Waals surface area contributed by atoms with Crippen molar-refractivity contribution in [1.29, 1.82) is 0 Å². The first-order valence-electron chi connectivity index (χ1n) is 8.62. The van der Waals surface area contributed by atoms with E-state index < -0.39 is 23.8 Å². The lowest BCUT2D eigenvalue weighted by atomic mass is 10.2. The number of hydrogen-bond donors (Lipinski definition) is 1. The molecule has 0 aliphatic heterocycles. The zero-order valence-corrected chi connectivity index (χ0v) is 15.9. The number of anilines is 1. The van der Waals surface area contributed by atoms with Gasteiger partial charge in [0, 0.05) is 5.69 Å². The Kier molecular flexibility index (Phi) is 7.56. The van der Waals surface area contributed by atoms with Gasteiger partial charge in [-0.2, -0.15) is 0 Å². The Morgan fingerprint density at radius 2 is 1.86 bits per heavy atom. The van der Waals surface area contributed by atoms with Gasteiger partial charge in [0.15, 0.2) is 24.2 Å². The molecule has 0 unspecified atom stereocenters. The van der Waals surface area contributed by atoms with Gasteiger partial charge in [-0.25, -0.2) is 9.18 Å². The second-order valence-electron chi connectivity index (χ2n) is 5.83. The van der Waals surface area contributed by atoms with E-state index in [4.69, 9.17) is 14.2 Å². The zero-order valence-electron chi connectivity index (χ0n) is 15.9. The molecule has 0 bridgehead atoms. The van der Waals surface area contributed by atoms with Gasteiger partial charge in [-0.05, 0) is 55.8 Å². The first-order valence-corrected chi connectivity index (χ1v) is 8.62. The summed E-state index contributed by atoms with van der Waals surface area (Å²) >= 11 is 0. The van der Waals surface area contributed by atoms with E-state index in [9.17, 15) is 14.0 Å². The van der Waals surface area contributed by atoms with Crippen molar-refractivity contribution in [2.24, 2.45) is 0 Å². The number of benzene rings is 2. The lowest BCUT2D eigenvalue weighted by Gasteiger charge is -2.15. The first-order chi connectivity index (χ1) is 13.4. The second kappa shape index (κ2) is 10.1. The minimum atomic E-state index is -1.04. The largest absolute Gasteiger partial charge is 0.493 e. The molecule has 0 fully saturated rings. The lowest BCUT2D eigenvalue weighted by Crippen LogP contribution is -2.31. The van der Waals surface area contributed by atoms with Gasteiger partial charge < -0.3 is 19.5 Å². The Balaban J connectivity index is 1.87. The molecule has 148 valence electrons. The summed E-state index contributed by atoms with van der Waals surface area (Å²) in [6, 6.07) is 10.5. The fraction of sp³-hybridized carbons (Fsp3) is 0.238. The Bertz CT molecular complexity index is 848. The molecule has 1 atom stereocenters. The normalized spacial score (nSPS) is 11.7. The highest BCUT2D eigenvalue weighted by Gasteiger charge is 2.19. The average Bonchev–Trinajstić information content (AvgIpc) is 2.68. The monoisotopic (exact) mass is 387 g/mol. The second-order valence-corrected chi connectivity index (χ2v) is 5.83. The van der Waals surface area contributed by atoms with E-state index in [1.165, 1.54) is 38.3 Å². The average molecular weight is 387 g/mol. The highest BCUT2D eigenvalue weighted by Crippen LogP contribution is 2.28. The van der Waals surface area contributed by atoms with Crippen LogP contribution >= 0.6 is 0 Å². The molecule has 0 aliphatic carbocycles. The first kappa shape index (κ1) is 21.0. The van der Waals surface area contributed by atoms with E-state index >= 15 is 0 Å². The van der Waals surface area contributed by atoms with Crippen molar-refractivity contribution >= 4 is 23.6 Å². The summed E-state index contributed by atoms with van der Waals surface area (Å²) in [5, 5.41) is 2.53. The zero-order chi connectivity index (χ0) is 20.5. The van der Waals surface area contributed by atoms with Crippen LogP contribution in [0.2, 0.25) is 0 Å². The van der Waals surface area contributed by atoms with Gasteiger partial charge in [0.05, 0.1) is 7.11 Å². The maximum absolute atomic E-state index is 12.9. The van der Waals surface area contributed by atoms with Crippen LogP contribution < -0.4 is 14.8 Å². The van der Waals surface area contributed by atoms with Crippen LogP contribution in [0.25, 0.3) is 6.08 Å². The number of methoxy groups -OCH3 is 1. The van der Waals surface area contributed by atoms with E-state index in [0.717, 1.165) is 5.56 Å².